The van der Waals surface area contributed by atoms with Crippen LogP contribution in [-0.4, -0.2) is 25.7 Å². The van der Waals surface area contributed by atoms with E-state index in [1.165, 1.54) is 0 Å². The number of hydrogen-bond acceptors (Lipinski definition) is 4. The lowest BCUT2D eigenvalue weighted by Crippen LogP contribution is -2.24. The minimum atomic E-state index is -0.0494. The molecule has 0 saturated heterocycles. The van der Waals surface area contributed by atoms with E-state index in [-0.39, 0.29) is 5.91 Å². The van der Waals surface area contributed by atoms with Gasteiger partial charge in [-0.3, -0.25) is 19.4 Å². The molecule has 1 amide bonds. The zero-order chi connectivity index (χ0) is 18.5. The average molecular weight is 367 g/mol. The van der Waals surface area contributed by atoms with Crippen molar-refractivity contribution in [1.29, 1.82) is 0 Å². The largest absolute Gasteiger partial charge is 0.350 e. The topological polar surface area (TPSA) is 75.6 Å². The van der Waals surface area contributed by atoms with Gasteiger partial charge in [0.15, 0.2) is 10.6 Å². The van der Waals surface area contributed by atoms with Gasteiger partial charge in [-0.15, -0.1) is 0 Å². The SMILES string of the molecule is Cc1cccc(-c2n[nH]c(=S)n2CCC(=O)NCc2cccc(C)n2)c1. The molecular formula is C19H21N5OS. The molecule has 0 atom stereocenters. The highest BCUT2D eigenvalue weighted by molar-refractivity contribution is 7.71. The highest BCUT2D eigenvalue weighted by Gasteiger charge is 2.11. The highest BCUT2D eigenvalue weighted by atomic mass is 32.1. The van der Waals surface area contributed by atoms with Gasteiger partial charge in [0.25, 0.3) is 0 Å². The van der Waals surface area contributed by atoms with Crippen molar-refractivity contribution in [2.45, 2.75) is 33.4 Å². The van der Waals surface area contributed by atoms with E-state index in [0.717, 1.165) is 28.3 Å². The van der Waals surface area contributed by atoms with Crippen LogP contribution in [0.3, 0.4) is 0 Å². The number of H-pyrrole nitrogens is 1. The van der Waals surface area contributed by atoms with Crippen LogP contribution >= 0.6 is 12.2 Å². The van der Waals surface area contributed by atoms with Gasteiger partial charge in [-0.05, 0) is 44.3 Å². The second-order valence-corrected chi connectivity index (χ2v) is 6.56. The lowest BCUT2D eigenvalue weighted by atomic mass is 10.1. The minimum absolute atomic E-state index is 0.0494. The quantitative estimate of drug-likeness (QED) is 0.655. The Bertz CT molecular complexity index is 976. The number of aromatic amines is 1. The molecule has 0 aliphatic rings. The molecule has 0 fully saturated rings. The Morgan fingerprint density at radius 3 is 2.81 bits per heavy atom. The first kappa shape index (κ1) is 18.0. The molecule has 1 aromatic carbocycles. The van der Waals surface area contributed by atoms with Crippen LogP contribution in [0.15, 0.2) is 42.5 Å². The van der Waals surface area contributed by atoms with Crippen molar-refractivity contribution in [2.75, 3.05) is 0 Å². The number of aromatic nitrogens is 4. The zero-order valence-corrected chi connectivity index (χ0v) is 15.6. The van der Waals surface area contributed by atoms with E-state index in [9.17, 15) is 4.79 Å². The average Bonchev–Trinajstić information content (AvgIpc) is 2.99. The predicted molar refractivity (Wildman–Crippen MR) is 103 cm³/mol. The van der Waals surface area contributed by atoms with E-state index in [1.54, 1.807) is 0 Å². The van der Waals surface area contributed by atoms with Crippen LogP contribution in [0.5, 0.6) is 0 Å². The maximum atomic E-state index is 12.2. The van der Waals surface area contributed by atoms with Crippen LogP contribution in [-0.2, 0) is 17.9 Å². The summed E-state index contributed by atoms with van der Waals surface area (Å²) in [5.74, 6) is 0.693. The third-order valence-corrected chi connectivity index (χ3v) is 4.32. The lowest BCUT2D eigenvalue weighted by molar-refractivity contribution is -0.121. The van der Waals surface area contributed by atoms with Gasteiger partial charge in [0.05, 0.1) is 12.2 Å². The molecular weight excluding hydrogens is 346 g/mol. The fourth-order valence-corrected chi connectivity index (χ4v) is 2.94. The van der Waals surface area contributed by atoms with E-state index < -0.39 is 0 Å². The number of carbonyl (C=O) groups is 1. The van der Waals surface area contributed by atoms with Crippen molar-refractivity contribution >= 4 is 18.1 Å². The first-order chi connectivity index (χ1) is 12.5. The molecule has 26 heavy (non-hydrogen) atoms. The Morgan fingerprint density at radius 2 is 2.04 bits per heavy atom. The minimum Gasteiger partial charge on any atom is -0.350 e. The van der Waals surface area contributed by atoms with E-state index in [1.807, 2.05) is 60.9 Å². The van der Waals surface area contributed by atoms with Gasteiger partial charge in [-0.25, -0.2) is 0 Å². The van der Waals surface area contributed by atoms with Gasteiger partial charge in [0.1, 0.15) is 0 Å². The molecule has 0 radical (unpaired) electrons. The fourth-order valence-electron chi connectivity index (χ4n) is 2.72. The predicted octanol–water partition coefficient (Wildman–Crippen LogP) is 3.33. The number of amides is 1. The molecule has 0 saturated carbocycles. The molecule has 6 nitrogen and oxygen atoms in total. The van der Waals surface area contributed by atoms with Gasteiger partial charge in [0.2, 0.25) is 5.91 Å². The normalized spacial score (nSPS) is 10.7. The number of nitrogens with one attached hydrogen (secondary N) is 2. The molecule has 0 unspecified atom stereocenters. The molecule has 2 aromatic heterocycles. The molecule has 0 spiro atoms. The van der Waals surface area contributed by atoms with Crippen molar-refractivity contribution in [3.8, 4) is 11.4 Å². The summed E-state index contributed by atoms with van der Waals surface area (Å²) >= 11 is 5.32. The van der Waals surface area contributed by atoms with Gasteiger partial charge in [0, 0.05) is 24.2 Å². The maximum absolute atomic E-state index is 12.2. The van der Waals surface area contributed by atoms with Crippen molar-refractivity contribution in [1.82, 2.24) is 25.1 Å². The molecule has 0 bridgehead atoms. The Morgan fingerprint density at radius 1 is 1.23 bits per heavy atom. The molecule has 7 heteroatoms. The van der Waals surface area contributed by atoms with E-state index in [2.05, 4.69) is 20.5 Å². The van der Waals surface area contributed by atoms with E-state index >= 15 is 0 Å². The van der Waals surface area contributed by atoms with Gasteiger partial charge in [-0.1, -0.05) is 29.8 Å². The van der Waals surface area contributed by atoms with Crippen LogP contribution in [0.2, 0.25) is 0 Å². The Kier molecular flexibility index (Phi) is 5.58. The molecule has 2 heterocycles. The number of pyridine rings is 1. The summed E-state index contributed by atoms with van der Waals surface area (Å²) in [6.07, 6.45) is 0.318. The zero-order valence-electron chi connectivity index (χ0n) is 14.8. The number of nitrogens with zero attached hydrogens (tertiary/aromatic N) is 3. The maximum Gasteiger partial charge on any atom is 0.222 e. The summed E-state index contributed by atoms with van der Waals surface area (Å²) in [4.78, 5) is 16.6. The molecule has 0 aliphatic heterocycles. The second-order valence-electron chi connectivity index (χ2n) is 6.17. The molecule has 3 aromatic rings. The van der Waals surface area contributed by atoms with Crippen molar-refractivity contribution in [2.24, 2.45) is 0 Å². The smallest absolute Gasteiger partial charge is 0.222 e. The Balaban J connectivity index is 1.64. The van der Waals surface area contributed by atoms with Gasteiger partial charge < -0.3 is 5.32 Å². The summed E-state index contributed by atoms with van der Waals surface area (Å²) in [7, 11) is 0. The van der Waals surface area contributed by atoms with E-state index in [0.29, 0.717) is 24.3 Å². The highest BCUT2D eigenvalue weighted by Crippen LogP contribution is 2.18. The third kappa shape index (κ3) is 4.43. The van der Waals surface area contributed by atoms with Crippen LogP contribution in [0.4, 0.5) is 0 Å². The van der Waals surface area contributed by atoms with Gasteiger partial charge >= 0.3 is 0 Å². The molecule has 3 rings (SSSR count). The molecule has 0 aliphatic carbocycles. The molecule has 134 valence electrons. The summed E-state index contributed by atoms with van der Waals surface area (Å²) in [6, 6.07) is 13.8. The first-order valence-electron chi connectivity index (χ1n) is 8.44. The Labute approximate surface area is 157 Å². The van der Waals surface area contributed by atoms with Crippen LogP contribution in [0, 0.1) is 18.6 Å². The number of benzene rings is 1. The monoisotopic (exact) mass is 367 g/mol. The van der Waals surface area contributed by atoms with E-state index in [4.69, 9.17) is 12.2 Å². The standard InChI is InChI=1S/C19H21N5OS/c1-13-5-3-7-15(11-13)18-22-23-19(26)24(18)10-9-17(25)20-12-16-8-4-6-14(2)21-16/h3-8,11H,9-10,12H2,1-2H3,(H,20,25)(H,23,26). The van der Waals surface area contributed by atoms with Crippen molar-refractivity contribution in [3.63, 3.8) is 0 Å². The number of rotatable bonds is 6. The second kappa shape index (κ2) is 8.05. The van der Waals surface area contributed by atoms with Crippen LogP contribution < -0.4 is 5.32 Å². The van der Waals surface area contributed by atoms with Crippen molar-refractivity contribution < 1.29 is 4.79 Å². The summed E-state index contributed by atoms with van der Waals surface area (Å²) < 4.78 is 2.36. The van der Waals surface area contributed by atoms with Gasteiger partial charge in [-0.2, -0.15) is 5.10 Å². The number of aryl methyl sites for hydroxylation is 2. The third-order valence-electron chi connectivity index (χ3n) is 4.01. The first-order valence-corrected chi connectivity index (χ1v) is 8.85. The summed E-state index contributed by atoms with van der Waals surface area (Å²) in [6.45, 7) is 4.84. The fraction of sp³-hybridized carbons (Fsp3) is 0.263. The number of hydrogen-bond donors (Lipinski definition) is 2. The van der Waals surface area contributed by atoms with Crippen LogP contribution in [0.25, 0.3) is 11.4 Å². The summed E-state index contributed by atoms with van der Waals surface area (Å²) in [5.41, 5.74) is 3.90. The van der Waals surface area contributed by atoms with Crippen LogP contribution in [0.1, 0.15) is 23.4 Å². The molecule has 2 N–H and O–H groups in total. The number of carbonyl (C=O) groups excluding carboxylic acids is 1. The lowest BCUT2D eigenvalue weighted by Gasteiger charge is -2.08. The van der Waals surface area contributed by atoms with Crippen molar-refractivity contribution in [3.05, 3.63) is 64.2 Å². The summed E-state index contributed by atoms with van der Waals surface area (Å²) in [5, 5.41) is 10.0. The Hall–Kier alpha value is -2.80.